The third-order valence-corrected chi connectivity index (χ3v) is 2.99. The van der Waals surface area contributed by atoms with E-state index in [0.717, 1.165) is 22.6 Å². The quantitative estimate of drug-likeness (QED) is 0.764. The number of aromatic nitrogens is 1. The molecule has 0 amide bonds. The van der Waals surface area contributed by atoms with Gasteiger partial charge in [0.1, 0.15) is 5.75 Å². The second kappa shape index (κ2) is 3.93. The number of hydrogen-bond donors (Lipinski definition) is 1. The van der Waals surface area contributed by atoms with Crippen LogP contribution in [0.3, 0.4) is 0 Å². The van der Waals surface area contributed by atoms with Gasteiger partial charge in [0.05, 0.1) is 12.3 Å². The van der Waals surface area contributed by atoms with Crippen LogP contribution in [0.25, 0.3) is 0 Å². The standard InChI is InChI=1S/C12H17NO2S/c1-7-11-10(6-14-12(3,4)15-11)9(5-13-7)8(2)16/h5,8,16H,6H2,1-4H3/t8-/m0/s1. The van der Waals surface area contributed by atoms with E-state index in [9.17, 15) is 0 Å². The molecule has 0 bridgehead atoms. The van der Waals surface area contributed by atoms with Gasteiger partial charge in [-0.2, -0.15) is 12.6 Å². The molecule has 0 N–H and O–H groups in total. The number of rotatable bonds is 1. The van der Waals surface area contributed by atoms with Gasteiger partial charge < -0.3 is 9.47 Å². The van der Waals surface area contributed by atoms with Crippen LogP contribution in [-0.2, 0) is 11.3 Å². The Morgan fingerprint density at radius 1 is 1.50 bits per heavy atom. The van der Waals surface area contributed by atoms with Gasteiger partial charge in [-0.3, -0.25) is 4.98 Å². The van der Waals surface area contributed by atoms with E-state index >= 15 is 0 Å². The summed E-state index contributed by atoms with van der Waals surface area (Å²) in [6.07, 6.45) is 1.86. The fraction of sp³-hybridized carbons (Fsp3) is 0.583. The van der Waals surface area contributed by atoms with Crippen molar-refractivity contribution >= 4 is 12.6 Å². The molecule has 1 aromatic rings. The summed E-state index contributed by atoms with van der Waals surface area (Å²) >= 11 is 4.45. The molecule has 2 rings (SSSR count). The maximum absolute atomic E-state index is 5.82. The van der Waals surface area contributed by atoms with E-state index in [1.807, 2.05) is 33.9 Å². The van der Waals surface area contributed by atoms with Crippen LogP contribution in [0, 0.1) is 6.92 Å². The third kappa shape index (κ3) is 2.04. The van der Waals surface area contributed by atoms with Crippen LogP contribution in [0.5, 0.6) is 5.75 Å². The SMILES string of the molecule is Cc1ncc([C@H](C)S)c2c1OC(C)(C)OC2. The molecule has 0 aromatic carbocycles. The second-order valence-corrected chi connectivity index (χ2v) is 5.35. The van der Waals surface area contributed by atoms with Crippen molar-refractivity contribution in [2.45, 2.75) is 45.3 Å². The van der Waals surface area contributed by atoms with Crippen molar-refractivity contribution in [3.05, 3.63) is 23.0 Å². The first-order valence-electron chi connectivity index (χ1n) is 5.40. The predicted molar refractivity (Wildman–Crippen MR) is 65.9 cm³/mol. The molecule has 2 heterocycles. The summed E-state index contributed by atoms with van der Waals surface area (Å²) in [6, 6.07) is 0. The first kappa shape index (κ1) is 11.7. The van der Waals surface area contributed by atoms with Crippen molar-refractivity contribution in [3.8, 4) is 5.75 Å². The summed E-state index contributed by atoms with van der Waals surface area (Å²) in [5.41, 5.74) is 3.07. The van der Waals surface area contributed by atoms with Gasteiger partial charge in [0.25, 0.3) is 0 Å². The van der Waals surface area contributed by atoms with Gasteiger partial charge in [0.2, 0.25) is 5.79 Å². The zero-order valence-electron chi connectivity index (χ0n) is 10.1. The first-order chi connectivity index (χ1) is 7.41. The van der Waals surface area contributed by atoms with E-state index in [1.165, 1.54) is 0 Å². The monoisotopic (exact) mass is 239 g/mol. The van der Waals surface area contributed by atoms with Crippen LogP contribution in [0.1, 0.15) is 42.8 Å². The zero-order valence-corrected chi connectivity index (χ0v) is 11.0. The lowest BCUT2D eigenvalue weighted by atomic mass is 10.0. The number of pyridine rings is 1. The molecular formula is C12H17NO2S. The summed E-state index contributed by atoms with van der Waals surface area (Å²) in [5.74, 6) is 0.285. The Labute approximate surface area is 102 Å². The Morgan fingerprint density at radius 3 is 2.81 bits per heavy atom. The summed E-state index contributed by atoms with van der Waals surface area (Å²) in [4.78, 5) is 4.35. The Hall–Kier alpha value is -0.740. The van der Waals surface area contributed by atoms with Gasteiger partial charge in [0, 0.05) is 30.9 Å². The molecule has 1 aromatic heterocycles. The molecule has 0 unspecified atom stereocenters. The number of hydrogen-bond acceptors (Lipinski definition) is 4. The molecule has 0 saturated heterocycles. The van der Waals surface area contributed by atoms with E-state index in [-0.39, 0.29) is 5.25 Å². The second-order valence-electron chi connectivity index (χ2n) is 4.57. The molecule has 0 fully saturated rings. The lowest BCUT2D eigenvalue weighted by molar-refractivity contribution is -0.180. The van der Waals surface area contributed by atoms with Crippen molar-refractivity contribution in [3.63, 3.8) is 0 Å². The van der Waals surface area contributed by atoms with Gasteiger partial charge in [-0.1, -0.05) is 0 Å². The molecule has 16 heavy (non-hydrogen) atoms. The fourth-order valence-corrected chi connectivity index (χ4v) is 2.04. The highest BCUT2D eigenvalue weighted by molar-refractivity contribution is 7.80. The minimum absolute atomic E-state index is 0.135. The highest BCUT2D eigenvalue weighted by Crippen LogP contribution is 2.38. The average Bonchev–Trinajstić information content (AvgIpc) is 2.18. The summed E-state index contributed by atoms with van der Waals surface area (Å²) in [7, 11) is 0. The molecular weight excluding hydrogens is 222 g/mol. The molecule has 0 saturated carbocycles. The number of thiol groups is 1. The smallest absolute Gasteiger partial charge is 0.205 e. The molecule has 0 radical (unpaired) electrons. The zero-order chi connectivity index (χ0) is 11.9. The fourth-order valence-electron chi connectivity index (χ4n) is 1.82. The normalized spacial score (nSPS) is 19.8. The third-order valence-electron chi connectivity index (χ3n) is 2.71. The molecule has 1 aliphatic heterocycles. The topological polar surface area (TPSA) is 31.4 Å². The summed E-state index contributed by atoms with van der Waals surface area (Å²) in [6.45, 7) is 8.35. The van der Waals surface area contributed by atoms with E-state index in [1.54, 1.807) is 0 Å². The molecule has 88 valence electrons. The maximum atomic E-state index is 5.82. The Kier molecular flexibility index (Phi) is 2.88. The van der Waals surface area contributed by atoms with Crippen molar-refractivity contribution in [1.82, 2.24) is 4.98 Å². The largest absolute Gasteiger partial charge is 0.461 e. The summed E-state index contributed by atoms with van der Waals surface area (Å²) in [5, 5.41) is 0.135. The van der Waals surface area contributed by atoms with Crippen LogP contribution < -0.4 is 4.74 Å². The van der Waals surface area contributed by atoms with Crippen molar-refractivity contribution < 1.29 is 9.47 Å². The lowest BCUT2D eigenvalue weighted by Crippen LogP contribution is -2.36. The summed E-state index contributed by atoms with van der Waals surface area (Å²) < 4.78 is 11.5. The molecule has 1 atom stereocenters. The number of ether oxygens (including phenoxy) is 2. The van der Waals surface area contributed by atoms with Crippen LogP contribution in [-0.4, -0.2) is 10.8 Å². The number of aryl methyl sites for hydroxylation is 1. The molecule has 1 aliphatic rings. The number of nitrogens with zero attached hydrogens (tertiary/aromatic N) is 1. The minimum atomic E-state index is -0.572. The van der Waals surface area contributed by atoms with Crippen LogP contribution in [0.4, 0.5) is 0 Å². The molecule has 0 spiro atoms. The van der Waals surface area contributed by atoms with E-state index in [2.05, 4.69) is 17.6 Å². The Bertz CT molecular complexity index is 416. The molecule has 0 aliphatic carbocycles. The van der Waals surface area contributed by atoms with Gasteiger partial charge in [-0.05, 0) is 19.4 Å². The van der Waals surface area contributed by atoms with E-state index < -0.39 is 5.79 Å². The molecule has 4 heteroatoms. The van der Waals surface area contributed by atoms with E-state index in [4.69, 9.17) is 9.47 Å². The highest BCUT2D eigenvalue weighted by Gasteiger charge is 2.30. The first-order valence-corrected chi connectivity index (χ1v) is 5.92. The average molecular weight is 239 g/mol. The van der Waals surface area contributed by atoms with Crippen molar-refractivity contribution in [2.75, 3.05) is 0 Å². The van der Waals surface area contributed by atoms with Gasteiger partial charge >= 0.3 is 0 Å². The molecule has 3 nitrogen and oxygen atoms in total. The van der Waals surface area contributed by atoms with E-state index in [0.29, 0.717) is 6.61 Å². The Morgan fingerprint density at radius 2 is 2.19 bits per heavy atom. The lowest BCUT2D eigenvalue weighted by Gasteiger charge is -2.34. The number of fused-ring (bicyclic) bond motifs is 1. The van der Waals surface area contributed by atoms with Gasteiger partial charge in [-0.15, -0.1) is 0 Å². The highest BCUT2D eigenvalue weighted by atomic mass is 32.1. The van der Waals surface area contributed by atoms with Gasteiger partial charge in [0.15, 0.2) is 0 Å². The Balaban J connectivity index is 2.52. The predicted octanol–water partition coefficient (Wildman–Crippen LogP) is 3.03. The van der Waals surface area contributed by atoms with Gasteiger partial charge in [-0.25, -0.2) is 0 Å². The minimum Gasteiger partial charge on any atom is -0.461 e. The maximum Gasteiger partial charge on any atom is 0.205 e. The van der Waals surface area contributed by atoms with Crippen molar-refractivity contribution in [2.24, 2.45) is 0 Å². The van der Waals surface area contributed by atoms with Crippen LogP contribution in [0.2, 0.25) is 0 Å². The van der Waals surface area contributed by atoms with Crippen molar-refractivity contribution in [1.29, 1.82) is 0 Å². The van der Waals surface area contributed by atoms with Crippen LogP contribution in [0.15, 0.2) is 6.20 Å². The van der Waals surface area contributed by atoms with Crippen LogP contribution >= 0.6 is 12.6 Å².